The molecule has 9 nitrogen and oxygen atoms in total. The lowest BCUT2D eigenvalue weighted by Crippen LogP contribution is -2.39. The molecular weight excluding hydrogens is 436 g/mol. The molecule has 0 aliphatic carbocycles. The minimum atomic E-state index is -2.89. The first kappa shape index (κ1) is 20.6. The second-order valence-corrected chi connectivity index (χ2v) is 11.2. The van der Waals surface area contributed by atoms with Crippen molar-refractivity contribution in [3.05, 3.63) is 29.3 Å². The smallest absolute Gasteiger partial charge is 0.163 e. The molecule has 0 aromatic carbocycles. The molecule has 2 aliphatic heterocycles. The van der Waals surface area contributed by atoms with E-state index in [1.807, 2.05) is 6.07 Å². The summed E-state index contributed by atoms with van der Waals surface area (Å²) in [5.74, 6) is 2.45. The van der Waals surface area contributed by atoms with Gasteiger partial charge in [0.1, 0.15) is 5.82 Å². The monoisotopic (exact) mass is 460 g/mol. The Kier molecular flexibility index (Phi) is 5.51. The first-order valence-electron chi connectivity index (χ1n) is 10.2. The van der Waals surface area contributed by atoms with Crippen molar-refractivity contribution in [2.75, 3.05) is 61.5 Å². The van der Waals surface area contributed by atoms with Crippen molar-refractivity contribution in [3.8, 4) is 11.4 Å². The van der Waals surface area contributed by atoms with Crippen molar-refractivity contribution in [1.29, 1.82) is 0 Å². The fraction of sp³-hybridized carbons (Fsp3) is 0.450. The van der Waals surface area contributed by atoms with E-state index in [4.69, 9.17) is 20.4 Å². The molecular formula is C20H24N6O3S2. The third kappa shape index (κ3) is 4.49. The number of pyridine rings is 1. The quantitative estimate of drug-likeness (QED) is 0.617. The van der Waals surface area contributed by atoms with E-state index in [0.29, 0.717) is 37.9 Å². The highest BCUT2D eigenvalue weighted by Crippen LogP contribution is 2.35. The fourth-order valence-electron chi connectivity index (χ4n) is 3.83. The van der Waals surface area contributed by atoms with Crippen LogP contribution in [0.5, 0.6) is 0 Å². The van der Waals surface area contributed by atoms with Gasteiger partial charge in [-0.25, -0.2) is 23.4 Å². The topological polar surface area (TPSA) is 115 Å². The van der Waals surface area contributed by atoms with Crippen LogP contribution in [0.1, 0.15) is 4.88 Å². The number of hydrogen-bond donors (Lipinski definition) is 1. The van der Waals surface area contributed by atoms with Crippen molar-refractivity contribution in [2.45, 2.75) is 6.54 Å². The molecule has 3 aromatic heterocycles. The van der Waals surface area contributed by atoms with Crippen LogP contribution in [0.2, 0.25) is 0 Å². The number of morpholine rings is 1. The summed E-state index contributed by atoms with van der Waals surface area (Å²) >= 11 is 1.68. The zero-order valence-corrected chi connectivity index (χ0v) is 18.7. The minimum Gasteiger partial charge on any atom is -0.384 e. The van der Waals surface area contributed by atoms with Crippen LogP contribution in [0.4, 0.5) is 11.6 Å². The number of sulfone groups is 1. The molecule has 2 aliphatic rings. The number of nitrogen functional groups attached to an aromatic ring is 1. The van der Waals surface area contributed by atoms with Crippen molar-refractivity contribution < 1.29 is 13.2 Å². The Morgan fingerprint density at radius 3 is 2.58 bits per heavy atom. The molecule has 0 saturated carbocycles. The Morgan fingerprint density at radius 1 is 1.10 bits per heavy atom. The summed E-state index contributed by atoms with van der Waals surface area (Å²) in [4.78, 5) is 19.5. The van der Waals surface area contributed by atoms with Crippen molar-refractivity contribution in [3.63, 3.8) is 0 Å². The molecule has 0 radical (unpaired) electrons. The predicted octanol–water partition coefficient (Wildman–Crippen LogP) is 1.40. The van der Waals surface area contributed by atoms with Gasteiger partial charge in [0, 0.05) is 49.4 Å². The maximum Gasteiger partial charge on any atom is 0.163 e. The minimum absolute atomic E-state index is 0.227. The third-order valence-electron chi connectivity index (χ3n) is 5.58. The number of rotatable bonds is 4. The number of ether oxygens (including phenoxy) is 1. The van der Waals surface area contributed by atoms with Gasteiger partial charge in [0.2, 0.25) is 0 Å². The van der Waals surface area contributed by atoms with E-state index in [0.717, 1.165) is 46.1 Å². The number of thiophene rings is 1. The van der Waals surface area contributed by atoms with Crippen LogP contribution in [0.3, 0.4) is 0 Å². The lowest BCUT2D eigenvalue weighted by atomic mass is 10.2. The number of aromatic nitrogens is 3. The van der Waals surface area contributed by atoms with Gasteiger partial charge >= 0.3 is 0 Å². The third-order valence-corrected chi connectivity index (χ3v) is 8.29. The first-order valence-corrected chi connectivity index (χ1v) is 12.9. The Morgan fingerprint density at radius 2 is 1.87 bits per heavy atom. The Balaban J connectivity index is 1.51. The average molecular weight is 461 g/mol. The van der Waals surface area contributed by atoms with Crippen LogP contribution < -0.4 is 10.6 Å². The molecule has 5 rings (SSSR count). The molecule has 0 unspecified atom stereocenters. The normalized spacial score (nSPS) is 19.7. The van der Waals surface area contributed by atoms with Crippen molar-refractivity contribution in [1.82, 2.24) is 19.9 Å². The van der Waals surface area contributed by atoms with E-state index < -0.39 is 9.84 Å². The molecule has 0 amide bonds. The number of fused-ring (bicyclic) bond motifs is 1. The summed E-state index contributed by atoms with van der Waals surface area (Å²) in [5, 5.41) is 0. The molecule has 2 saturated heterocycles. The summed E-state index contributed by atoms with van der Waals surface area (Å²) in [7, 11) is -2.89. The van der Waals surface area contributed by atoms with Crippen molar-refractivity contribution >= 4 is 43.0 Å². The SMILES string of the molecule is Nc1ccc(-c2nc(N3CCOCC3)c3sc(CN4CCS(=O)(=O)CC4)cc3n2)cn1. The van der Waals surface area contributed by atoms with Gasteiger partial charge in [-0.2, -0.15) is 0 Å². The number of anilines is 2. The van der Waals surface area contributed by atoms with Gasteiger partial charge in [-0.3, -0.25) is 4.90 Å². The summed E-state index contributed by atoms with van der Waals surface area (Å²) in [6.45, 7) is 4.76. The largest absolute Gasteiger partial charge is 0.384 e. The summed E-state index contributed by atoms with van der Waals surface area (Å²) < 4.78 is 30.0. The number of nitrogens with two attached hydrogens (primary N) is 1. The molecule has 5 heterocycles. The lowest BCUT2D eigenvalue weighted by Gasteiger charge is -2.28. The van der Waals surface area contributed by atoms with E-state index in [1.165, 1.54) is 0 Å². The molecule has 3 aromatic rings. The van der Waals surface area contributed by atoms with Crippen molar-refractivity contribution in [2.24, 2.45) is 0 Å². The summed E-state index contributed by atoms with van der Waals surface area (Å²) in [5.41, 5.74) is 7.45. The van der Waals surface area contributed by atoms with Crippen LogP contribution in [-0.2, 0) is 21.1 Å². The Labute approximate surface area is 184 Å². The van der Waals surface area contributed by atoms with E-state index in [1.54, 1.807) is 23.6 Å². The molecule has 0 bridgehead atoms. The van der Waals surface area contributed by atoms with Crippen LogP contribution in [0.25, 0.3) is 21.6 Å². The van der Waals surface area contributed by atoms with Crippen LogP contribution >= 0.6 is 11.3 Å². The summed E-state index contributed by atoms with van der Waals surface area (Å²) in [6.07, 6.45) is 1.70. The van der Waals surface area contributed by atoms with E-state index in [-0.39, 0.29) is 11.5 Å². The van der Waals surface area contributed by atoms with Crippen LogP contribution in [0.15, 0.2) is 24.4 Å². The number of hydrogen-bond acceptors (Lipinski definition) is 10. The average Bonchev–Trinajstić information content (AvgIpc) is 3.18. The van der Waals surface area contributed by atoms with Crippen LogP contribution in [-0.4, -0.2) is 79.2 Å². The second kappa shape index (κ2) is 8.30. The molecule has 0 spiro atoms. The van der Waals surface area contributed by atoms with Crippen LogP contribution in [0, 0.1) is 0 Å². The fourth-order valence-corrected chi connectivity index (χ4v) is 6.26. The Bertz CT molecular complexity index is 1180. The van der Waals surface area contributed by atoms with Gasteiger partial charge in [-0.05, 0) is 18.2 Å². The standard InChI is InChI=1S/C20H24N6O3S2/c21-17-2-1-14(12-22-17)19-23-16-11-15(13-25-5-9-31(27,28)10-6-25)30-18(16)20(24-19)26-3-7-29-8-4-26/h1-2,11-12H,3-10,13H2,(H2,21,22). The maximum atomic E-state index is 11.7. The highest BCUT2D eigenvalue weighted by atomic mass is 32.2. The van der Waals surface area contributed by atoms with Gasteiger partial charge in [0.25, 0.3) is 0 Å². The van der Waals surface area contributed by atoms with Gasteiger partial charge in [0.15, 0.2) is 21.5 Å². The molecule has 11 heteroatoms. The second-order valence-electron chi connectivity index (χ2n) is 7.80. The first-order chi connectivity index (χ1) is 15.0. The molecule has 2 fully saturated rings. The predicted molar refractivity (Wildman–Crippen MR) is 122 cm³/mol. The van der Waals surface area contributed by atoms with Gasteiger partial charge in [0.05, 0.1) is 34.9 Å². The Hall–Kier alpha value is -2.34. The van der Waals surface area contributed by atoms with Gasteiger partial charge in [-0.15, -0.1) is 11.3 Å². The van der Waals surface area contributed by atoms with E-state index >= 15 is 0 Å². The molecule has 0 atom stereocenters. The highest BCUT2D eigenvalue weighted by Gasteiger charge is 2.24. The number of nitrogens with zero attached hydrogens (tertiary/aromatic N) is 5. The van der Waals surface area contributed by atoms with E-state index in [9.17, 15) is 8.42 Å². The zero-order valence-electron chi connectivity index (χ0n) is 17.0. The molecule has 164 valence electrons. The van der Waals surface area contributed by atoms with E-state index in [2.05, 4.69) is 20.9 Å². The molecule has 31 heavy (non-hydrogen) atoms. The van der Waals surface area contributed by atoms with Gasteiger partial charge < -0.3 is 15.4 Å². The lowest BCUT2D eigenvalue weighted by molar-refractivity contribution is 0.122. The van der Waals surface area contributed by atoms with Gasteiger partial charge in [-0.1, -0.05) is 0 Å². The molecule has 2 N–H and O–H groups in total. The maximum absolute atomic E-state index is 11.7. The zero-order chi connectivity index (χ0) is 21.4. The highest BCUT2D eigenvalue weighted by molar-refractivity contribution is 7.91. The summed E-state index contributed by atoms with van der Waals surface area (Å²) in [6, 6.07) is 5.73.